The molecule has 1 N–H and O–H groups in total. The molecule has 5 nitrogen and oxygen atoms in total. The van der Waals surface area contributed by atoms with Crippen LogP contribution in [-0.2, 0) is 10.0 Å². The van der Waals surface area contributed by atoms with Crippen molar-refractivity contribution < 1.29 is 8.42 Å². The van der Waals surface area contributed by atoms with Crippen LogP contribution in [0.4, 0.5) is 0 Å². The van der Waals surface area contributed by atoms with E-state index in [1.807, 2.05) is 0 Å². The summed E-state index contributed by atoms with van der Waals surface area (Å²) in [7, 11) is -3.14. The molecule has 3 aliphatic carbocycles. The smallest absolute Gasteiger partial charge is 0.212 e. The van der Waals surface area contributed by atoms with Crippen LogP contribution in [0.2, 0.25) is 0 Å². The van der Waals surface area contributed by atoms with E-state index in [1.54, 1.807) is 0 Å². The molecule has 6 aliphatic rings. The van der Waals surface area contributed by atoms with Crippen molar-refractivity contribution in [3.05, 3.63) is 0 Å². The second kappa shape index (κ2) is 5.72. The quantitative estimate of drug-likeness (QED) is 0.814. The van der Waals surface area contributed by atoms with E-state index in [9.17, 15) is 8.42 Å². The first-order valence-electron chi connectivity index (χ1n) is 8.97. The molecule has 1 atom stereocenters. The fourth-order valence-corrected chi connectivity index (χ4v) is 6.94. The molecular weight excluding hydrogens is 298 g/mol. The summed E-state index contributed by atoms with van der Waals surface area (Å²) in [5.41, 5.74) is 0.0932. The molecule has 6 fully saturated rings. The molecule has 0 spiro atoms. The van der Waals surface area contributed by atoms with Crippen molar-refractivity contribution in [1.82, 2.24) is 14.5 Å². The van der Waals surface area contributed by atoms with Crippen molar-refractivity contribution in [2.75, 3.05) is 45.0 Å². The number of rotatable bonds is 5. The molecule has 1 unspecified atom stereocenters. The Labute approximate surface area is 134 Å². The highest BCUT2D eigenvalue weighted by Gasteiger charge is 2.43. The lowest BCUT2D eigenvalue weighted by molar-refractivity contribution is 0.0157. The molecule has 3 saturated carbocycles. The van der Waals surface area contributed by atoms with Crippen LogP contribution in [0, 0.1) is 11.3 Å². The summed E-state index contributed by atoms with van der Waals surface area (Å²) in [5, 5.41) is 0. The third-order valence-electron chi connectivity index (χ3n) is 6.68. The van der Waals surface area contributed by atoms with Gasteiger partial charge in [0, 0.05) is 45.3 Å². The minimum absolute atomic E-state index is 0.0932. The molecule has 0 radical (unpaired) electrons. The third kappa shape index (κ3) is 3.07. The van der Waals surface area contributed by atoms with Crippen molar-refractivity contribution in [2.24, 2.45) is 11.3 Å². The second-order valence-corrected chi connectivity index (χ2v) is 9.89. The summed E-state index contributed by atoms with van der Waals surface area (Å²) in [4.78, 5) is 4.91. The van der Waals surface area contributed by atoms with E-state index in [1.165, 1.54) is 19.3 Å². The number of nitrogens with one attached hydrogen (secondary N) is 1. The fraction of sp³-hybridized carbons (Fsp3) is 1.00. The predicted molar refractivity (Wildman–Crippen MR) is 87.2 cm³/mol. The standard InChI is InChI=1S/C16H29N3O2S/c20-22(21,13-16-4-1-14(2-5-16)3-6-16)17-11-15-12-18-7-9-19(15)10-8-18/h14-15,17H,1-13H2. The van der Waals surface area contributed by atoms with Crippen molar-refractivity contribution in [2.45, 2.75) is 44.6 Å². The summed E-state index contributed by atoms with van der Waals surface area (Å²) in [6.45, 7) is 6.10. The van der Waals surface area contributed by atoms with Crippen molar-refractivity contribution in [3.63, 3.8) is 0 Å². The SMILES string of the molecule is O=S(=O)(CC12CCC(CC1)CC2)NCC1CN2CCN1CC2. The lowest BCUT2D eigenvalue weighted by atomic mass is 9.62. The van der Waals surface area contributed by atoms with Crippen LogP contribution in [0.5, 0.6) is 0 Å². The van der Waals surface area contributed by atoms with Crippen LogP contribution in [0.1, 0.15) is 38.5 Å². The zero-order valence-electron chi connectivity index (χ0n) is 13.5. The van der Waals surface area contributed by atoms with Crippen molar-refractivity contribution in [1.29, 1.82) is 0 Å². The Morgan fingerprint density at radius 3 is 2.18 bits per heavy atom. The van der Waals surface area contributed by atoms with Gasteiger partial charge in [0.15, 0.2) is 0 Å². The van der Waals surface area contributed by atoms with Gasteiger partial charge < -0.3 is 0 Å². The molecule has 0 aromatic heterocycles. The molecular formula is C16H29N3O2S. The minimum Gasteiger partial charge on any atom is -0.299 e. The number of sulfonamides is 1. The summed E-state index contributed by atoms with van der Waals surface area (Å²) < 4.78 is 28.1. The summed E-state index contributed by atoms with van der Waals surface area (Å²) in [6, 6.07) is 0.372. The van der Waals surface area contributed by atoms with Crippen LogP contribution < -0.4 is 4.72 Å². The van der Waals surface area contributed by atoms with Crippen molar-refractivity contribution >= 4 is 10.0 Å². The Kier molecular flexibility index (Phi) is 4.00. The normalized spacial score (nSPS) is 44.4. The Balaban J connectivity index is 1.33. The molecule has 6 heteroatoms. The molecule has 0 aromatic carbocycles. The average molecular weight is 327 g/mol. The van der Waals surface area contributed by atoms with E-state index in [2.05, 4.69) is 14.5 Å². The lowest BCUT2D eigenvalue weighted by Gasteiger charge is -2.48. The van der Waals surface area contributed by atoms with Gasteiger partial charge in [-0.2, -0.15) is 0 Å². The maximum atomic E-state index is 12.6. The number of nitrogens with zero attached hydrogens (tertiary/aromatic N) is 2. The molecule has 126 valence electrons. The zero-order valence-corrected chi connectivity index (χ0v) is 14.3. The van der Waals surface area contributed by atoms with Crippen LogP contribution >= 0.6 is 0 Å². The summed E-state index contributed by atoms with van der Waals surface area (Å²) >= 11 is 0. The van der Waals surface area contributed by atoms with E-state index in [4.69, 9.17) is 0 Å². The highest BCUT2D eigenvalue weighted by atomic mass is 32.2. The maximum Gasteiger partial charge on any atom is 0.212 e. The first-order valence-corrected chi connectivity index (χ1v) is 10.6. The van der Waals surface area contributed by atoms with Gasteiger partial charge >= 0.3 is 0 Å². The fourth-order valence-electron chi connectivity index (χ4n) is 5.15. The molecule has 0 amide bonds. The average Bonchev–Trinajstić information content (AvgIpc) is 2.55. The first-order chi connectivity index (χ1) is 10.5. The number of fused-ring (bicyclic) bond motifs is 6. The number of piperazine rings is 3. The van der Waals surface area contributed by atoms with Crippen LogP contribution in [-0.4, -0.2) is 69.3 Å². The van der Waals surface area contributed by atoms with Gasteiger partial charge in [0.05, 0.1) is 5.75 Å². The zero-order chi connectivity index (χ0) is 15.2. The van der Waals surface area contributed by atoms with Gasteiger partial charge in [0.1, 0.15) is 0 Å². The van der Waals surface area contributed by atoms with Gasteiger partial charge in [-0.25, -0.2) is 13.1 Å². The lowest BCUT2D eigenvalue weighted by Crippen LogP contribution is -2.63. The topological polar surface area (TPSA) is 52.7 Å². The van der Waals surface area contributed by atoms with Crippen LogP contribution in [0.15, 0.2) is 0 Å². The third-order valence-corrected chi connectivity index (χ3v) is 8.27. The molecule has 3 saturated heterocycles. The Morgan fingerprint density at radius 2 is 1.64 bits per heavy atom. The van der Waals surface area contributed by atoms with E-state index in [0.29, 0.717) is 18.3 Å². The van der Waals surface area contributed by atoms with Gasteiger partial charge in [-0.3, -0.25) is 9.80 Å². The highest BCUT2D eigenvalue weighted by Crippen LogP contribution is 2.50. The van der Waals surface area contributed by atoms with Gasteiger partial charge in [-0.05, 0) is 49.9 Å². The minimum atomic E-state index is -3.14. The van der Waals surface area contributed by atoms with Crippen LogP contribution in [0.25, 0.3) is 0 Å². The monoisotopic (exact) mass is 327 g/mol. The highest BCUT2D eigenvalue weighted by molar-refractivity contribution is 7.89. The Hall–Kier alpha value is -0.170. The van der Waals surface area contributed by atoms with E-state index in [-0.39, 0.29) is 5.41 Å². The van der Waals surface area contributed by atoms with Crippen LogP contribution in [0.3, 0.4) is 0 Å². The van der Waals surface area contributed by atoms with E-state index in [0.717, 1.165) is 57.9 Å². The maximum absolute atomic E-state index is 12.6. The number of hydrogen-bond donors (Lipinski definition) is 1. The van der Waals surface area contributed by atoms with Gasteiger partial charge in [-0.1, -0.05) is 0 Å². The van der Waals surface area contributed by atoms with Gasteiger partial charge in [-0.15, -0.1) is 0 Å². The largest absolute Gasteiger partial charge is 0.299 e. The Bertz CT molecular complexity index is 492. The molecule has 3 heterocycles. The van der Waals surface area contributed by atoms with E-state index >= 15 is 0 Å². The van der Waals surface area contributed by atoms with E-state index < -0.39 is 10.0 Å². The molecule has 22 heavy (non-hydrogen) atoms. The molecule has 4 bridgehead atoms. The molecule has 0 aromatic rings. The van der Waals surface area contributed by atoms with Gasteiger partial charge in [0.25, 0.3) is 0 Å². The Morgan fingerprint density at radius 1 is 1.00 bits per heavy atom. The molecule has 3 aliphatic heterocycles. The van der Waals surface area contributed by atoms with Gasteiger partial charge in [0.2, 0.25) is 10.0 Å². The number of hydrogen-bond acceptors (Lipinski definition) is 4. The summed E-state index contributed by atoms with van der Waals surface area (Å²) in [6.07, 6.45) is 7.13. The van der Waals surface area contributed by atoms with Crippen molar-refractivity contribution in [3.8, 4) is 0 Å². The summed E-state index contributed by atoms with van der Waals surface area (Å²) in [5.74, 6) is 1.25. The molecule has 6 rings (SSSR count). The first kappa shape index (κ1) is 15.4. The second-order valence-electron chi connectivity index (χ2n) is 8.08. The predicted octanol–water partition coefficient (Wildman–Crippen LogP) is 0.876.